The number of morpholine rings is 1. The van der Waals surface area contributed by atoms with Crippen LogP contribution in [0.25, 0.3) is 0 Å². The molecule has 0 saturated carbocycles. The zero-order valence-corrected chi connectivity index (χ0v) is 18.7. The predicted molar refractivity (Wildman–Crippen MR) is 120 cm³/mol. The molecule has 2 N–H and O–H groups in total. The second-order valence-corrected chi connectivity index (χ2v) is 8.36. The Morgan fingerprint density at radius 2 is 1.77 bits per heavy atom. The molecule has 0 aromatic heterocycles. The Balaban J connectivity index is 1.60. The van der Waals surface area contributed by atoms with E-state index in [0.717, 1.165) is 52.1 Å². The van der Waals surface area contributed by atoms with Gasteiger partial charge in [-0.2, -0.15) is 0 Å². The lowest BCUT2D eigenvalue weighted by molar-refractivity contribution is -0.128. The molecule has 1 amide bonds. The summed E-state index contributed by atoms with van der Waals surface area (Å²) in [5, 5.41) is 6.45. The molecule has 2 unspecified atom stereocenters. The quantitative estimate of drug-likeness (QED) is 0.526. The number of hydrogen-bond donors (Lipinski definition) is 2. The maximum Gasteiger partial charge on any atom is 0.241 e. The fourth-order valence-electron chi connectivity index (χ4n) is 4.26. The molecule has 2 heterocycles. The number of aliphatic imine (C=N–C) groups is 1. The van der Waals surface area contributed by atoms with E-state index in [0.29, 0.717) is 12.5 Å². The molecule has 3 rings (SSSR count). The molecule has 7 heteroatoms. The minimum atomic E-state index is 0.147. The van der Waals surface area contributed by atoms with Gasteiger partial charge < -0.3 is 20.3 Å². The Morgan fingerprint density at radius 3 is 2.43 bits per heavy atom. The summed E-state index contributed by atoms with van der Waals surface area (Å²) < 4.78 is 5.86. The monoisotopic (exact) mass is 415 g/mol. The highest BCUT2D eigenvalue weighted by molar-refractivity contribution is 5.86. The van der Waals surface area contributed by atoms with Crippen molar-refractivity contribution in [2.24, 2.45) is 4.99 Å². The Kier molecular flexibility index (Phi) is 8.51. The van der Waals surface area contributed by atoms with Gasteiger partial charge in [-0.05, 0) is 44.7 Å². The van der Waals surface area contributed by atoms with E-state index in [1.807, 2.05) is 11.8 Å². The lowest BCUT2D eigenvalue weighted by Crippen LogP contribution is -2.45. The average molecular weight is 416 g/mol. The van der Waals surface area contributed by atoms with E-state index in [2.05, 4.69) is 53.6 Å². The standard InChI is InChI=1S/C23H37N5O2/c1-4-24-23(26-14-22(29)28-11-7-8-12-28)25-13-20-9-5-6-10-21(20)17-27-15-18(2)30-19(3)16-27/h5-6,9-10,18-19H,4,7-8,11-17H2,1-3H3,(H2,24,25,26). The highest BCUT2D eigenvalue weighted by Crippen LogP contribution is 2.17. The number of rotatable bonds is 7. The number of carbonyl (C=O) groups excluding carboxylic acids is 1. The molecule has 30 heavy (non-hydrogen) atoms. The first kappa shape index (κ1) is 22.6. The topological polar surface area (TPSA) is 69.2 Å². The maximum absolute atomic E-state index is 12.3. The molecule has 2 atom stereocenters. The first-order chi connectivity index (χ1) is 14.5. The summed E-state index contributed by atoms with van der Waals surface area (Å²) in [6.07, 6.45) is 2.74. The van der Waals surface area contributed by atoms with Gasteiger partial charge in [0.1, 0.15) is 0 Å². The fraction of sp³-hybridized carbons (Fsp3) is 0.652. The van der Waals surface area contributed by atoms with Gasteiger partial charge in [0, 0.05) is 39.3 Å². The first-order valence-electron chi connectivity index (χ1n) is 11.3. The van der Waals surface area contributed by atoms with Gasteiger partial charge in [0.05, 0.1) is 25.3 Å². The Hall–Kier alpha value is -2.12. The molecule has 0 aliphatic carbocycles. The Bertz CT molecular complexity index is 707. The molecule has 7 nitrogen and oxygen atoms in total. The summed E-state index contributed by atoms with van der Waals surface area (Å²) in [7, 11) is 0. The minimum Gasteiger partial charge on any atom is -0.373 e. The van der Waals surface area contributed by atoms with Gasteiger partial charge in [0.25, 0.3) is 0 Å². The van der Waals surface area contributed by atoms with Crippen LogP contribution in [-0.4, -0.2) is 73.1 Å². The summed E-state index contributed by atoms with van der Waals surface area (Å²) in [5.74, 6) is 0.836. The van der Waals surface area contributed by atoms with Gasteiger partial charge >= 0.3 is 0 Å². The number of hydrogen-bond acceptors (Lipinski definition) is 4. The summed E-state index contributed by atoms with van der Waals surface area (Å²) >= 11 is 0. The van der Waals surface area contributed by atoms with Crippen LogP contribution < -0.4 is 10.6 Å². The smallest absolute Gasteiger partial charge is 0.241 e. The van der Waals surface area contributed by atoms with Crippen molar-refractivity contribution in [3.63, 3.8) is 0 Å². The molecule has 166 valence electrons. The zero-order valence-electron chi connectivity index (χ0n) is 18.7. The van der Waals surface area contributed by atoms with Crippen LogP contribution in [0.2, 0.25) is 0 Å². The van der Waals surface area contributed by atoms with Crippen LogP contribution in [0.1, 0.15) is 44.7 Å². The fourth-order valence-corrected chi connectivity index (χ4v) is 4.26. The number of carbonyl (C=O) groups is 1. The van der Waals surface area contributed by atoms with Gasteiger partial charge in [0.2, 0.25) is 5.91 Å². The van der Waals surface area contributed by atoms with Crippen molar-refractivity contribution >= 4 is 11.9 Å². The Morgan fingerprint density at radius 1 is 1.10 bits per heavy atom. The molecule has 1 aromatic rings. The third-order valence-electron chi connectivity index (χ3n) is 5.63. The van der Waals surface area contributed by atoms with Crippen LogP contribution >= 0.6 is 0 Å². The van der Waals surface area contributed by atoms with Crippen LogP contribution in [0.3, 0.4) is 0 Å². The maximum atomic E-state index is 12.3. The summed E-state index contributed by atoms with van der Waals surface area (Å²) in [5.41, 5.74) is 2.51. The third-order valence-corrected chi connectivity index (χ3v) is 5.63. The first-order valence-corrected chi connectivity index (χ1v) is 11.3. The van der Waals surface area contributed by atoms with E-state index in [4.69, 9.17) is 9.73 Å². The normalized spacial score (nSPS) is 22.9. The van der Waals surface area contributed by atoms with E-state index >= 15 is 0 Å². The van der Waals surface area contributed by atoms with E-state index in [1.54, 1.807) is 0 Å². The highest BCUT2D eigenvalue weighted by atomic mass is 16.5. The molecule has 2 fully saturated rings. The molecular formula is C23H37N5O2. The third kappa shape index (κ3) is 6.71. The highest BCUT2D eigenvalue weighted by Gasteiger charge is 2.22. The Labute approximate surface area is 180 Å². The van der Waals surface area contributed by atoms with Gasteiger partial charge in [0.15, 0.2) is 5.96 Å². The largest absolute Gasteiger partial charge is 0.373 e. The van der Waals surface area contributed by atoms with Crippen molar-refractivity contribution in [1.82, 2.24) is 20.4 Å². The van der Waals surface area contributed by atoms with Crippen molar-refractivity contribution in [1.29, 1.82) is 0 Å². The van der Waals surface area contributed by atoms with Crippen molar-refractivity contribution in [3.05, 3.63) is 35.4 Å². The average Bonchev–Trinajstić information content (AvgIpc) is 3.25. The molecule has 0 bridgehead atoms. The molecular weight excluding hydrogens is 378 g/mol. The molecule has 2 aliphatic heterocycles. The van der Waals surface area contributed by atoms with Gasteiger partial charge in [-0.1, -0.05) is 24.3 Å². The van der Waals surface area contributed by atoms with E-state index < -0.39 is 0 Å². The summed E-state index contributed by atoms with van der Waals surface area (Å²) in [4.78, 5) is 21.5. The zero-order chi connectivity index (χ0) is 21.3. The van der Waals surface area contributed by atoms with Crippen molar-refractivity contribution in [2.75, 3.05) is 39.3 Å². The van der Waals surface area contributed by atoms with Crippen LogP contribution in [0, 0.1) is 0 Å². The second kappa shape index (κ2) is 11.3. The minimum absolute atomic E-state index is 0.147. The van der Waals surface area contributed by atoms with Gasteiger partial charge in [-0.25, -0.2) is 4.99 Å². The lowest BCUT2D eigenvalue weighted by Gasteiger charge is -2.35. The number of ether oxygens (including phenoxy) is 1. The number of amides is 1. The van der Waals surface area contributed by atoms with Gasteiger partial charge in [-0.3, -0.25) is 9.69 Å². The molecule has 0 radical (unpaired) electrons. The predicted octanol–water partition coefficient (Wildman–Crippen LogP) is 1.97. The molecule has 1 aromatic carbocycles. The van der Waals surface area contributed by atoms with Crippen molar-refractivity contribution in [3.8, 4) is 0 Å². The van der Waals surface area contributed by atoms with Crippen molar-refractivity contribution in [2.45, 2.75) is 58.9 Å². The van der Waals surface area contributed by atoms with Crippen LogP contribution in [0.5, 0.6) is 0 Å². The van der Waals surface area contributed by atoms with E-state index in [9.17, 15) is 4.79 Å². The SMILES string of the molecule is CCNC(=NCc1ccccc1CN1CC(C)OC(C)C1)NCC(=O)N1CCCC1. The molecule has 0 spiro atoms. The molecule has 2 aliphatic rings. The number of benzene rings is 1. The van der Waals surface area contributed by atoms with E-state index in [-0.39, 0.29) is 24.7 Å². The molecule has 2 saturated heterocycles. The summed E-state index contributed by atoms with van der Waals surface area (Å²) in [6, 6.07) is 8.49. The van der Waals surface area contributed by atoms with Gasteiger partial charge in [-0.15, -0.1) is 0 Å². The van der Waals surface area contributed by atoms with Crippen LogP contribution in [0.15, 0.2) is 29.3 Å². The van der Waals surface area contributed by atoms with Crippen molar-refractivity contribution < 1.29 is 9.53 Å². The number of guanidine groups is 1. The van der Waals surface area contributed by atoms with Crippen LogP contribution in [0.4, 0.5) is 0 Å². The number of nitrogens with zero attached hydrogens (tertiary/aromatic N) is 3. The summed E-state index contributed by atoms with van der Waals surface area (Å²) in [6.45, 7) is 12.5. The second-order valence-electron chi connectivity index (χ2n) is 8.36. The number of nitrogens with one attached hydrogen (secondary N) is 2. The van der Waals surface area contributed by atoms with Crippen LogP contribution in [-0.2, 0) is 22.6 Å². The number of likely N-dealkylation sites (tertiary alicyclic amines) is 1. The van der Waals surface area contributed by atoms with E-state index in [1.165, 1.54) is 11.1 Å². The lowest BCUT2D eigenvalue weighted by atomic mass is 10.1.